The van der Waals surface area contributed by atoms with Crippen LogP contribution < -0.4 is 10.6 Å². The number of piperidine rings is 1. The van der Waals surface area contributed by atoms with E-state index in [1.807, 2.05) is 10.9 Å². The zero-order valence-corrected chi connectivity index (χ0v) is 14.3. The van der Waals surface area contributed by atoms with Crippen LogP contribution >= 0.6 is 0 Å². The predicted molar refractivity (Wildman–Crippen MR) is 98.2 cm³/mol. The van der Waals surface area contributed by atoms with E-state index in [1.54, 1.807) is 0 Å². The van der Waals surface area contributed by atoms with Gasteiger partial charge in [0.05, 0.1) is 18.4 Å². The van der Waals surface area contributed by atoms with Crippen molar-refractivity contribution in [1.29, 1.82) is 0 Å². The molecule has 1 saturated heterocycles. The molecule has 24 heavy (non-hydrogen) atoms. The third-order valence-electron chi connectivity index (χ3n) is 5.61. The molecule has 1 aliphatic heterocycles. The Labute approximate surface area is 144 Å². The highest BCUT2D eigenvalue weighted by Crippen LogP contribution is 2.33. The normalized spacial score (nSPS) is 27.2. The number of rotatable bonds is 5. The van der Waals surface area contributed by atoms with Crippen LogP contribution in [0.5, 0.6) is 0 Å². The number of aromatic nitrogens is 2. The summed E-state index contributed by atoms with van der Waals surface area (Å²) in [6.45, 7) is 2.03. The average Bonchev–Trinajstić information content (AvgIpc) is 3.27. The first-order valence-electron chi connectivity index (χ1n) is 9.45. The monoisotopic (exact) mass is 324 g/mol. The summed E-state index contributed by atoms with van der Waals surface area (Å²) in [5.74, 6) is 0.766. The van der Waals surface area contributed by atoms with Crippen molar-refractivity contribution in [2.75, 3.05) is 11.9 Å². The molecule has 3 unspecified atom stereocenters. The van der Waals surface area contributed by atoms with E-state index >= 15 is 0 Å². The van der Waals surface area contributed by atoms with Crippen LogP contribution in [0, 0.1) is 5.92 Å². The fourth-order valence-corrected chi connectivity index (χ4v) is 4.40. The maximum Gasteiger partial charge on any atom is 0.0728 e. The lowest BCUT2D eigenvalue weighted by Crippen LogP contribution is -2.44. The Bertz CT molecular complexity index is 630. The molecule has 2 aromatic rings. The summed E-state index contributed by atoms with van der Waals surface area (Å²) in [5, 5.41) is 12.1. The first kappa shape index (κ1) is 15.7. The number of anilines is 1. The minimum absolute atomic E-state index is 0.593. The number of hydrogen-bond acceptors (Lipinski definition) is 3. The molecular formula is C20H28N4. The Morgan fingerprint density at radius 3 is 2.83 bits per heavy atom. The van der Waals surface area contributed by atoms with E-state index in [4.69, 9.17) is 0 Å². The lowest BCUT2D eigenvalue weighted by molar-refractivity contribution is 0.286. The first-order chi connectivity index (χ1) is 11.9. The molecular weight excluding hydrogens is 296 g/mol. The minimum Gasteiger partial charge on any atom is -0.379 e. The van der Waals surface area contributed by atoms with Gasteiger partial charge in [-0.15, -0.1) is 0 Å². The average molecular weight is 324 g/mol. The molecule has 2 N–H and O–H groups in total. The smallest absolute Gasteiger partial charge is 0.0728 e. The third-order valence-corrected chi connectivity index (χ3v) is 5.61. The van der Waals surface area contributed by atoms with Gasteiger partial charge in [-0.1, -0.05) is 43.2 Å². The van der Waals surface area contributed by atoms with Gasteiger partial charge in [0.25, 0.3) is 0 Å². The van der Waals surface area contributed by atoms with E-state index < -0.39 is 0 Å². The van der Waals surface area contributed by atoms with Crippen molar-refractivity contribution in [3.05, 3.63) is 48.3 Å². The van der Waals surface area contributed by atoms with Gasteiger partial charge >= 0.3 is 0 Å². The standard InChI is InChI=1S/C20H28N4/c1-2-7-16(8-3-1)14-24-15-17(13-22-24)23-20-11-6-9-18(20)19-10-4-5-12-21-19/h1-3,7-8,13,15,18-21,23H,4-6,9-12,14H2. The molecule has 1 aliphatic carbocycles. The maximum atomic E-state index is 4.53. The van der Waals surface area contributed by atoms with E-state index in [0.29, 0.717) is 12.1 Å². The summed E-state index contributed by atoms with van der Waals surface area (Å²) in [4.78, 5) is 0. The van der Waals surface area contributed by atoms with Crippen molar-refractivity contribution in [1.82, 2.24) is 15.1 Å². The lowest BCUT2D eigenvalue weighted by Gasteiger charge is -2.33. The van der Waals surface area contributed by atoms with Gasteiger partial charge in [-0.2, -0.15) is 5.10 Å². The van der Waals surface area contributed by atoms with Gasteiger partial charge < -0.3 is 10.6 Å². The van der Waals surface area contributed by atoms with Crippen molar-refractivity contribution in [3.63, 3.8) is 0 Å². The number of nitrogens with one attached hydrogen (secondary N) is 2. The number of benzene rings is 1. The molecule has 1 aromatic heterocycles. The highest BCUT2D eigenvalue weighted by molar-refractivity contribution is 5.40. The molecule has 1 aromatic carbocycles. The topological polar surface area (TPSA) is 41.9 Å². The molecule has 2 heterocycles. The summed E-state index contributed by atoms with van der Waals surface area (Å²) < 4.78 is 2.03. The van der Waals surface area contributed by atoms with E-state index in [-0.39, 0.29) is 0 Å². The van der Waals surface area contributed by atoms with Crippen molar-refractivity contribution < 1.29 is 0 Å². The second-order valence-electron chi connectivity index (χ2n) is 7.31. The maximum absolute atomic E-state index is 4.53. The van der Waals surface area contributed by atoms with Crippen LogP contribution in [0.25, 0.3) is 0 Å². The van der Waals surface area contributed by atoms with E-state index in [0.717, 1.165) is 12.5 Å². The Kier molecular flexibility index (Phi) is 4.83. The first-order valence-corrected chi connectivity index (χ1v) is 9.45. The molecule has 2 aliphatic rings. The summed E-state index contributed by atoms with van der Waals surface area (Å²) in [5.41, 5.74) is 2.45. The SMILES string of the molecule is c1ccc(Cn2cc(NC3CCCC3C3CCCCN3)cn2)cc1. The van der Waals surface area contributed by atoms with Gasteiger partial charge in [-0.25, -0.2) is 0 Å². The van der Waals surface area contributed by atoms with E-state index in [1.165, 1.54) is 56.3 Å². The summed E-state index contributed by atoms with van der Waals surface area (Å²) in [7, 11) is 0. The Morgan fingerprint density at radius 2 is 2.00 bits per heavy atom. The van der Waals surface area contributed by atoms with Crippen LogP contribution in [-0.2, 0) is 6.54 Å². The van der Waals surface area contributed by atoms with Crippen LogP contribution in [0.3, 0.4) is 0 Å². The molecule has 4 heteroatoms. The molecule has 128 valence electrons. The Morgan fingerprint density at radius 1 is 1.08 bits per heavy atom. The van der Waals surface area contributed by atoms with Gasteiger partial charge in [0, 0.05) is 18.3 Å². The summed E-state index contributed by atoms with van der Waals surface area (Å²) in [6, 6.07) is 11.8. The largest absolute Gasteiger partial charge is 0.379 e. The fourth-order valence-electron chi connectivity index (χ4n) is 4.40. The quantitative estimate of drug-likeness (QED) is 0.882. The second kappa shape index (κ2) is 7.39. The zero-order valence-electron chi connectivity index (χ0n) is 14.3. The van der Waals surface area contributed by atoms with E-state index in [9.17, 15) is 0 Å². The molecule has 0 bridgehead atoms. The molecule has 0 spiro atoms. The minimum atomic E-state index is 0.593. The fraction of sp³-hybridized carbons (Fsp3) is 0.550. The second-order valence-corrected chi connectivity index (χ2v) is 7.31. The zero-order chi connectivity index (χ0) is 16.2. The van der Waals surface area contributed by atoms with Gasteiger partial charge in [-0.3, -0.25) is 4.68 Å². The van der Waals surface area contributed by atoms with Crippen molar-refractivity contribution in [2.45, 2.75) is 57.2 Å². The highest BCUT2D eigenvalue weighted by Gasteiger charge is 2.34. The van der Waals surface area contributed by atoms with Gasteiger partial charge in [0.1, 0.15) is 0 Å². The van der Waals surface area contributed by atoms with Crippen molar-refractivity contribution in [2.24, 2.45) is 5.92 Å². The highest BCUT2D eigenvalue weighted by atomic mass is 15.3. The molecule has 2 fully saturated rings. The molecule has 3 atom stereocenters. The molecule has 4 rings (SSSR count). The van der Waals surface area contributed by atoms with E-state index in [2.05, 4.69) is 52.3 Å². The summed E-state index contributed by atoms with van der Waals surface area (Å²) in [6.07, 6.45) is 12.2. The number of hydrogen-bond donors (Lipinski definition) is 2. The van der Waals surface area contributed by atoms with Crippen LogP contribution in [0.1, 0.15) is 44.1 Å². The van der Waals surface area contributed by atoms with Crippen molar-refractivity contribution >= 4 is 5.69 Å². The van der Waals surface area contributed by atoms with Crippen LogP contribution in [0.2, 0.25) is 0 Å². The van der Waals surface area contributed by atoms with Crippen molar-refractivity contribution in [3.8, 4) is 0 Å². The molecule has 0 radical (unpaired) electrons. The lowest BCUT2D eigenvalue weighted by atomic mass is 9.88. The predicted octanol–water partition coefficient (Wildman–Crippen LogP) is 3.65. The third kappa shape index (κ3) is 3.64. The van der Waals surface area contributed by atoms with Gasteiger partial charge in [-0.05, 0) is 43.7 Å². The molecule has 1 saturated carbocycles. The molecule has 4 nitrogen and oxygen atoms in total. The van der Waals surface area contributed by atoms with Crippen LogP contribution in [-0.4, -0.2) is 28.4 Å². The summed E-state index contributed by atoms with van der Waals surface area (Å²) >= 11 is 0. The van der Waals surface area contributed by atoms with Crippen LogP contribution in [0.4, 0.5) is 5.69 Å². The van der Waals surface area contributed by atoms with Gasteiger partial charge in [0.15, 0.2) is 0 Å². The number of nitrogens with zero attached hydrogens (tertiary/aromatic N) is 2. The van der Waals surface area contributed by atoms with Gasteiger partial charge in [0.2, 0.25) is 0 Å². The Balaban J connectivity index is 1.38. The van der Waals surface area contributed by atoms with Crippen LogP contribution in [0.15, 0.2) is 42.7 Å². The molecule has 0 amide bonds. The Hall–Kier alpha value is -1.81.